The van der Waals surface area contributed by atoms with E-state index in [0.29, 0.717) is 19.5 Å². The van der Waals surface area contributed by atoms with Crippen LogP contribution in [0.4, 0.5) is 0 Å². The second-order valence-electron chi connectivity index (χ2n) is 2.99. The van der Waals surface area contributed by atoms with E-state index in [-0.39, 0.29) is 12.6 Å². The van der Waals surface area contributed by atoms with Crippen LogP contribution in [0.1, 0.15) is 27.2 Å². The normalized spacial score (nSPS) is 14.6. The molecule has 14 heavy (non-hydrogen) atoms. The predicted molar refractivity (Wildman–Crippen MR) is 56.1 cm³/mol. The van der Waals surface area contributed by atoms with E-state index < -0.39 is 10.2 Å². The summed E-state index contributed by atoms with van der Waals surface area (Å²) in [5.41, 5.74) is 0. The van der Waals surface area contributed by atoms with Gasteiger partial charge in [0.05, 0.1) is 6.61 Å². The fourth-order valence-electron chi connectivity index (χ4n) is 1.10. The summed E-state index contributed by atoms with van der Waals surface area (Å²) >= 11 is 0. The minimum atomic E-state index is -3.42. The van der Waals surface area contributed by atoms with Gasteiger partial charge in [0.25, 0.3) is 10.2 Å². The first-order chi connectivity index (χ1) is 6.51. The summed E-state index contributed by atoms with van der Waals surface area (Å²) < 4.78 is 27.0. The topological polar surface area (TPSA) is 69.6 Å². The average molecular weight is 224 g/mol. The van der Waals surface area contributed by atoms with Crippen LogP contribution < -0.4 is 4.72 Å². The molecule has 0 aromatic heterocycles. The van der Waals surface area contributed by atoms with E-state index in [2.05, 4.69) is 4.72 Å². The lowest BCUT2D eigenvalue weighted by atomic mass is 10.3. The van der Waals surface area contributed by atoms with Crippen LogP contribution in [0.3, 0.4) is 0 Å². The van der Waals surface area contributed by atoms with Crippen molar-refractivity contribution in [2.45, 2.75) is 33.2 Å². The van der Waals surface area contributed by atoms with Gasteiger partial charge in [-0.3, -0.25) is 0 Å². The van der Waals surface area contributed by atoms with Gasteiger partial charge in [-0.15, -0.1) is 0 Å². The van der Waals surface area contributed by atoms with Gasteiger partial charge in [0.2, 0.25) is 0 Å². The molecule has 0 heterocycles. The first-order valence-corrected chi connectivity index (χ1v) is 6.34. The molecule has 2 N–H and O–H groups in total. The van der Waals surface area contributed by atoms with Gasteiger partial charge in [-0.2, -0.15) is 17.4 Å². The third kappa shape index (κ3) is 3.91. The Morgan fingerprint density at radius 3 is 2.07 bits per heavy atom. The fraction of sp³-hybridized carbons (Fsp3) is 1.00. The van der Waals surface area contributed by atoms with Crippen LogP contribution in [0.25, 0.3) is 0 Å². The Labute approximate surface area is 86.3 Å². The second-order valence-corrected chi connectivity index (χ2v) is 4.70. The maximum atomic E-state index is 11.6. The molecule has 0 unspecified atom stereocenters. The second kappa shape index (κ2) is 6.34. The number of nitrogens with zero attached hydrogens (tertiary/aromatic N) is 1. The molecule has 0 spiro atoms. The predicted octanol–water partition coefficient (Wildman–Crippen LogP) is -0.0665. The van der Waals surface area contributed by atoms with E-state index in [0.717, 1.165) is 0 Å². The van der Waals surface area contributed by atoms with E-state index in [1.165, 1.54) is 4.31 Å². The molecule has 0 aromatic carbocycles. The molecular weight excluding hydrogens is 204 g/mol. The first kappa shape index (κ1) is 13.8. The van der Waals surface area contributed by atoms with Crippen molar-refractivity contribution in [1.29, 1.82) is 0 Å². The van der Waals surface area contributed by atoms with Crippen LogP contribution >= 0.6 is 0 Å². The smallest absolute Gasteiger partial charge is 0.279 e. The number of rotatable bonds is 7. The number of nitrogens with one attached hydrogen (secondary N) is 1. The summed E-state index contributed by atoms with van der Waals surface area (Å²) in [6, 6.07) is -0.388. The zero-order valence-corrected chi connectivity index (χ0v) is 9.84. The molecule has 86 valence electrons. The molecular formula is C8H20N2O3S. The molecule has 0 rings (SSSR count). The molecule has 0 aliphatic rings. The van der Waals surface area contributed by atoms with E-state index in [9.17, 15) is 8.42 Å². The van der Waals surface area contributed by atoms with Gasteiger partial charge in [0.15, 0.2) is 0 Å². The monoisotopic (exact) mass is 224 g/mol. The van der Waals surface area contributed by atoms with E-state index in [1.807, 2.05) is 6.92 Å². The summed E-state index contributed by atoms with van der Waals surface area (Å²) in [5, 5.41) is 8.87. The highest BCUT2D eigenvalue weighted by Crippen LogP contribution is 2.00. The summed E-state index contributed by atoms with van der Waals surface area (Å²) in [4.78, 5) is 0. The molecule has 0 aliphatic heterocycles. The summed E-state index contributed by atoms with van der Waals surface area (Å²) in [6.07, 6.45) is 0.580. The first-order valence-electron chi connectivity index (χ1n) is 4.90. The summed E-state index contributed by atoms with van der Waals surface area (Å²) in [7, 11) is -3.42. The molecule has 0 saturated heterocycles. The third-order valence-corrected chi connectivity index (χ3v) is 3.90. The SMILES string of the molecule is CC[C@@H](CO)NS(=O)(=O)N(CC)CC. The van der Waals surface area contributed by atoms with Crippen LogP contribution in [-0.4, -0.2) is 43.6 Å². The van der Waals surface area contributed by atoms with Crippen molar-refractivity contribution in [3.8, 4) is 0 Å². The zero-order valence-electron chi connectivity index (χ0n) is 9.02. The van der Waals surface area contributed by atoms with Gasteiger partial charge in [0, 0.05) is 19.1 Å². The molecule has 1 atom stereocenters. The maximum absolute atomic E-state index is 11.6. The van der Waals surface area contributed by atoms with Crippen LogP contribution in [0, 0.1) is 0 Å². The molecule has 0 fully saturated rings. The molecule has 0 radical (unpaired) electrons. The lowest BCUT2D eigenvalue weighted by Crippen LogP contribution is -2.46. The summed E-state index contributed by atoms with van der Waals surface area (Å²) in [5.74, 6) is 0. The van der Waals surface area contributed by atoms with Crippen LogP contribution in [0.5, 0.6) is 0 Å². The Balaban J connectivity index is 4.46. The third-order valence-electron chi connectivity index (χ3n) is 2.07. The van der Waals surface area contributed by atoms with Crippen molar-refractivity contribution >= 4 is 10.2 Å². The Hall–Kier alpha value is -0.170. The van der Waals surface area contributed by atoms with Gasteiger partial charge in [-0.05, 0) is 6.42 Å². The van der Waals surface area contributed by atoms with Gasteiger partial charge in [0.1, 0.15) is 0 Å². The van der Waals surface area contributed by atoms with Gasteiger partial charge in [-0.1, -0.05) is 20.8 Å². The number of aliphatic hydroxyl groups is 1. The lowest BCUT2D eigenvalue weighted by molar-refractivity contribution is 0.251. The molecule has 6 heteroatoms. The number of aliphatic hydroxyl groups excluding tert-OH is 1. The molecule has 5 nitrogen and oxygen atoms in total. The van der Waals surface area contributed by atoms with Crippen LogP contribution in [-0.2, 0) is 10.2 Å². The standard InChI is InChI=1S/C8H20N2O3S/c1-4-8(7-11)9-14(12,13)10(5-2)6-3/h8-9,11H,4-7H2,1-3H3/t8-/m0/s1. The molecule has 0 aliphatic carbocycles. The quantitative estimate of drug-likeness (QED) is 0.636. The largest absolute Gasteiger partial charge is 0.395 e. The van der Waals surface area contributed by atoms with Crippen molar-refractivity contribution in [3.05, 3.63) is 0 Å². The highest BCUT2D eigenvalue weighted by atomic mass is 32.2. The van der Waals surface area contributed by atoms with Crippen molar-refractivity contribution in [1.82, 2.24) is 9.03 Å². The fourth-order valence-corrected chi connectivity index (χ4v) is 2.59. The van der Waals surface area contributed by atoms with Crippen molar-refractivity contribution in [3.63, 3.8) is 0 Å². The summed E-state index contributed by atoms with van der Waals surface area (Å²) in [6.45, 7) is 6.09. The Morgan fingerprint density at radius 2 is 1.79 bits per heavy atom. The van der Waals surface area contributed by atoms with Crippen molar-refractivity contribution in [2.75, 3.05) is 19.7 Å². The highest BCUT2D eigenvalue weighted by molar-refractivity contribution is 7.87. The van der Waals surface area contributed by atoms with Crippen LogP contribution in [0.2, 0.25) is 0 Å². The maximum Gasteiger partial charge on any atom is 0.279 e. The van der Waals surface area contributed by atoms with Crippen molar-refractivity contribution in [2.24, 2.45) is 0 Å². The molecule has 0 aromatic rings. The Bertz CT molecular complexity index is 233. The Morgan fingerprint density at radius 1 is 1.29 bits per heavy atom. The highest BCUT2D eigenvalue weighted by Gasteiger charge is 2.21. The molecule has 0 amide bonds. The van der Waals surface area contributed by atoms with Gasteiger partial charge >= 0.3 is 0 Å². The number of hydrogen-bond acceptors (Lipinski definition) is 3. The average Bonchev–Trinajstić information content (AvgIpc) is 2.15. The lowest BCUT2D eigenvalue weighted by Gasteiger charge is -2.22. The van der Waals surface area contributed by atoms with E-state index in [1.54, 1.807) is 13.8 Å². The van der Waals surface area contributed by atoms with Gasteiger partial charge in [-0.25, -0.2) is 0 Å². The van der Waals surface area contributed by atoms with Gasteiger partial charge < -0.3 is 5.11 Å². The minimum absolute atomic E-state index is 0.170. The minimum Gasteiger partial charge on any atom is -0.395 e. The Kier molecular flexibility index (Phi) is 6.26. The van der Waals surface area contributed by atoms with Crippen molar-refractivity contribution < 1.29 is 13.5 Å². The van der Waals surface area contributed by atoms with E-state index in [4.69, 9.17) is 5.11 Å². The molecule has 0 saturated carbocycles. The number of hydrogen-bond donors (Lipinski definition) is 2. The zero-order chi connectivity index (χ0) is 11.2. The molecule has 0 bridgehead atoms. The van der Waals surface area contributed by atoms with E-state index >= 15 is 0 Å². The van der Waals surface area contributed by atoms with Crippen LogP contribution in [0.15, 0.2) is 0 Å².